The summed E-state index contributed by atoms with van der Waals surface area (Å²) in [5.74, 6) is 0. The highest BCUT2D eigenvalue weighted by Crippen LogP contribution is 2.13. The van der Waals surface area contributed by atoms with Gasteiger partial charge < -0.3 is 5.32 Å². The Morgan fingerprint density at radius 2 is 2.36 bits per heavy atom. The van der Waals surface area contributed by atoms with Crippen molar-refractivity contribution in [2.45, 2.75) is 0 Å². The number of aromatic nitrogens is 1. The summed E-state index contributed by atoms with van der Waals surface area (Å²) >= 11 is 5.60. The van der Waals surface area contributed by atoms with Crippen LogP contribution in [0.3, 0.4) is 0 Å². The molecule has 0 aromatic carbocycles. The SMILES string of the molecule is CNc1cc(Cl)nc(C=O)c1. The Labute approximate surface area is 69.4 Å². The van der Waals surface area contributed by atoms with E-state index in [9.17, 15) is 4.79 Å². The first kappa shape index (κ1) is 8.01. The Morgan fingerprint density at radius 1 is 1.64 bits per heavy atom. The van der Waals surface area contributed by atoms with Crippen LogP contribution in [0.5, 0.6) is 0 Å². The lowest BCUT2D eigenvalue weighted by molar-refractivity contribution is 0.111. The van der Waals surface area contributed by atoms with E-state index in [-0.39, 0.29) is 0 Å². The van der Waals surface area contributed by atoms with Gasteiger partial charge in [0.1, 0.15) is 10.8 Å². The average Bonchev–Trinajstić information content (AvgIpc) is 2.03. The van der Waals surface area contributed by atoms with Crippen LogP contribution in [0.4, 0.5) is 5.69 Å². The topological polar surface area (TPSA) is 42.0 Å². The van der Waals surface area contributed by atoms with E-state index >= 15 is 0 Å². The van der Waals surface area contributed by atoms with Gasteiger partial charge in [-0.2, -0.15) is 0 Å². The zero-order valence-electron chi connectivity index (χ0n) is 5.97. The Balaban J connectivity index is 3.11. The molecule has 4 heteroatoms. The summed E-state index contributed by atoms with van der Waals surface area (Å²) < 4.78 is 0. The van der Waals surface area contributed by atoms with Crippen molar-refractivity contribution in [2.75, 3.05) is 12.4 Å². The quantitative estimate of drug-likeness (QED) is 0.542. The number of anilines is 1. The average molecular weight is 171 g/mol. The molecule has 1 N–H and O–H groups in total. The van der Waals surface area contributed by atoms with Crippen molar-refractivity contribution < 1.29 is 4.79 Å². The van der Waals surface area contributed by atoms with Crippen molar-refractivity contribution in [3.8, 4) is 0 Å². The smallest absolute Gasteiger partial charge is 0.168 e. The van der Waals surface area contributed by atoms with Gasteiger partial charge in [-0.25, -0.2) is 4.98 Å². The Hall–Kier alpha value is -1.09. The van der Waals surface area contributed by atoms with Gasteiger partial charge in [0.15, 0.2) is 6.29 Å². The van der Waals surface area contributed by atoms with Gasteiger partial charge in [0.25, 0.3) is 0 Å². The standard InChI is InChI=1S/C7H7ClN2O/c1-9-5-2-6(4-11)10-7(8)3-5/h2-4H,1H3,(H,9,10). The molecule has 0 saturated heterocycles. The van der Waals surface area contributed by atoms with Crippen molar-refractivity contribution in [1.82, 2.24) is 4.98 Å². The third-order valence-corrected chi connectivity index (χ3v) is 1.42. The summed E-state index contributed by atoms with van der Waals surface area (Å²) in [6.45, 7) is 0. The third kappa shape index (κ3) is 1.91. The number of hydrogen-bond acceptors (Lipinski definition) is 3. The van der Waals surface area contributed by atoms with Gasteiger partial charge >= 0.3 is 0 Å². The molecular formula is C7H7ClN2O. The molecule has 0 aliphatic rings. The number of pyridine rings is 1. The molecule has 0 bridgehead atoms. The van der Waals surface area contributed by atoms with Gasteiger partial charge in [-0.05, 0) is 12.1 Å². The van der Waals surface area contributed by atoms with E-state index in [2.05, 4.69) is 10.3 Å². The third-order valence-electron chi connectivity index (χ3n) is 1.22. The maximum Gasteiger partial charge on any atom is 0.168 e. The van der Waals surface area contributed by atoms with E-state index in [1.165, 1.54) is 0 Å². The van der Waals surface area contributed by atoms with Crippen LogP contribution in [0.2, 0.25) is 5.15 Å². The van der Waals surface area contributed by atoms with Crippen LogP contribution in [0.1, 0.15) is 10.5 Å². The largest absolute Gasteiger partial charge is 0.388 e. The predicted octanol–water partition coefficient (Wildman–Crippen LogP) is 1.59. The normalized spacial score (nSPS) is 9.27. The van der Waals surface area contributed by atoms with Gasteiger partial charge in [-0.1, -0.05) is 11.6 Å². The Kier molecular flexibility index (Phi) is 2.44. The monoisotopic (exact) mass is 170 g/mol. The van der Waals surface area contributed by atoms with Crippen LogP contribution in [-0.4, -0.2) is 18.3 Å². The molecule has 0 spiro atoms. The van der Waals surface area contributed by atoms with E-state index in [1.807, 2.05) is 0 Å². The number of rotatable bonds is 2. The highest BCUT2D eigenvalue weighted by atomic mass is 35.5. The fourth-order valence-electron chi connectivity index (χ4n) is 0.722. The molecule has 0 aliphatic heterocycles. The number of nitrogens with zero attached hydrogens (tertiary/aromatic N) is 1. The first-order valence-electron chi connectivity index (χ1n) is 3.07. The summed E-state index contributed by atoms with van der Waals surface area (Å²) in [6.07, 6.45) is 0.659. The molecule has 1 aromatic heterocycles. The van der Waals surface area contributed by atoms with Gasteiger partial charge in [0, 0.05) is 12.7 Å². The number of aldehydes is 1. The minimum absolute atomic E-state index is 0.318. The molecule has 1 rings (SSSR count). The van der Waals surface area contributed by atoms with Crippen LogP contribution in [-0.2, 0) is 0 Å². The van der Waals surface area contributed by atoms with E-state index < -0.39 is 0 Å². The number of hydrogen-bond donors (Lipinski definition) is 1. The van der Waals surface area contributed by atoms with E-state index in [0.717, 1.165) is 5.69 Å². The molecule has 0 amide bonds. The van der Waals surface area contributed by atoms with Gasteiger partial charge in [-0.3, -0.25) is 4.79 Å². The Morgan fingerprint density at radius 3 is 2.91 bits per heavy atom. The molecule has 0 saturated carbocycles. The lowest BCUT2D eigenvalue weighted by atomic mass is 10.3. The van der Waals surface area contributed by atoms with E-state index in [4.69, 9.17) is 11.6 Å². The second-order valence-corrected chi connectivity index (χ2v) is 2.36. The molecule has 0 unspecified atom stereocenters. The van der Waals surface area contributed by atoms with Gasteiger partial charge in [0.2, 0.25) is 0 Å². The summed E-state index contributed by atoms with van der Waals surface area (Å²) in [5, 5.41) is 3.18. The minimum Gasteiger partial charge on any atom is -0.388 e. The van der Waals surface area contributed by atoms with Crippen LogP contribution < -0.4 is 5.32 Å². The molecule has 1 heterocycles. The van der Waals surface area contributed by atoms with E-state index in [0.29, 0.717) is 17.1 Å². The minimum atomic E-state index is 0.318. The molecule has 0 radical (unpaired) electrons. The van der Waals surface area contributed by atoms with Crippen molar-refractivity contribution in [3.63, 3.8) is 0 Å². The Bertz CT molecular complexity index is 275. The van der Waals surface area contributed by atoms with Crippen LogP contribution in [0, 0.1) is 0 Å². The molecular weight excluding hydrogens is 164 g/mol. The fraction of sp³-hybridized carbons (Fsp3) is 0.143. The van der Waals surface area contributed by atoms with Crippen LogP contribution in [0.25, 0.3) is 0 Å². The van der Waals surface area contributed by atoms with Crippen LogP contribution >= 0.6 is 11.6 Å². The zero-order valence-corrected chi connectivity index (χ0v) is 6.72. The fourth-order valence-corrected chi connectivity index (χ4v) is 0.937. The molecule has 0 fully saturated rings. The highest BCUT2D eigenvalue weighted by Gasteiger charge is 1.97. The lowest BCUT2D eigenvalue weighted by Gasteiger charge is -1.99. The van der Waals surface area contributed by atoms with Crippen LogP contribution in [0.15, 0.2) is 12.1 Å². The van der Waals surface area contributed by atoms with Crippen molar-refractivity contribution in [1.29, 1.82) is 0 Å². The summed E-state index contributed by atoms with van der Waals surface area (Å²) in [5.41, 5.74) is 1.12. The lowest BCUT2D eigenvalue weighted by Crippen LogP contribution is -1.93. The molecule has 3 nitrogen and oxygen atoms in total. The maximum absolute atomic E-state index is 10.3. The van der Waals surface area contributed by atoms with E-state index in [1.54, 1.807) is 19.2 Å². The first-order valence-corrected chi connectivity index (χ1v) is 3.44. The first-order chi connectivity index (χ1) is 5.26. The van der Waals surface area contributed by atoms with Gasteiger partial charge in [0.05, 0.1) is 0 Å². The highest BCUT2D eigenvalue weighted by molar-refractivity contribution is 6.29. The molecule has 1 aromatic rings. The summed E-state index contributed by atoms with van der Waals surface area (Å²) in [7, 11) is 1.75. The molecule has 0 aliphatic carbocycles. The molecule has 0 atom stereocenters. The zero-order chi connectivity index (χ0) is 8.27. The number of halogens is 1. The number of nitrogens with one attached hydrogen (secondary N) is 1. The second-order valence-electron chi connectivity index (χ2n) is 1.97. The summed E-state index contributed by atoms with van der Waals surface area (Å²) in [6, 6.07) is 3.27. The van der Waals surface area contributed by atoms with Crippen molar-refractivity contribution >= 4 is 23.6 Å². The van der Waals surface area contributed by atoms with Crippen molar-refractivity contribution in [2.24, 2.45) is 0 Å². The second kappa shape index (κ2) is 3.34. The summed E-state index contributed by atoms with van der Waals surface area (Å²) in [4.78, 5) is 14.0. The molecule has 58 valence electrons. The van der Waals surface area contributed by atoms with Gasteiger partial charge in [-0.15, -0.1) is 0 Å². The van der Waals surface area contributed by atoms with Crippen molar-refractivity contribution in [3.05, 3.63) is 23.0 Å². The number of carbonyl (C=O) groups excluding carboxylic acids is 1. The maximum atomic E-state index is 10.3. The molecule has 11 heavy (non-hydrogen) atoms. The number of carbonyl (C=O) groups is 1. The predicted molar refractivity (Wildman–Crippen MR) is 44.2 cm³/mol.